The van der Waals surface area contributed by atoms with Gasteiger partial charge in [-0.05, 0) is 5.56 Å². The molecule has 0 heterocycles. The number of benzene rings is 1. The smallest absolute Gasteiger partial charge is 0.328 e. The van der Waals surface area contributed by atoms with Crippen LogP contribution in [0.1, 0.15) is 18.9 Å². The number of carboxylic acids is 2. The van der Waals surface area contributed by atoms with Gasteiger partial charge in [-0.25, -0.2) is 4.79 Å². The predicted molar refractivity (Wildman–Crippen MR) is 98.6 cm³/mol. The molecule has 0 radical (unpaired) electrons. The van der Waals surface area contributed by atoms with Crippen LogP contribution in [0.15, 0.2) is 30.3 Å². The van der Waals surface area contributed by atoms with Gasteiger partial charge in [-0.2, -0.15) is 0 Å². The van der Waals surface area contributed by atoms with Crippen molar-refractivity contribution in [3.05, 3.63) is 35.9 Å². The maximum atomic E-state index is 12.5. The predicted octanol–water partition coefficient (Wildman–Crippen LogP) is -1.74. The molecule has 1 aromatic rings. The third kappa shape index (κ3) is 8.39. The highest BCUT2D eigenvalue weighted by Gasteiger charge is 2.30. The van der Waals surface area contributed by atoms with Crippen molar-refractivity contribution < 1.29 is 39.3 Å². The SMILES string of the molecule is CC(=O)N[C@@H](CC(=O)O)C(=O)N[C@@H](Cc1ccccc1)C(=O)N[C@@H](CO)C(=O)O. The number of aliphatic hydroxyl groups excluding tert-OH is 1. The topological polar surface area (TPSA) is 182 Å². The highest BCUT2D eigenvalue weighted by Crippen LogP contribution is 2.05. The molecule has 3 atom stereocenters. The number of amides is 3. The normalized spacial score (nSPS) is 13.4. The van der Waals surface area contributed by atoms with E-state index in [9.17, 15) is 24.0 Å². The summed E-state index contributed by atoms with van der Waals surface area (Å²) >= 11 is 0. The number of hydrogen-bond donors (Lipinski definition) is 6. The molecule has 0 fully saturated rings. The molecule has 1 rings (SSSR count). The maximum absolute atomic E-state index is 12.5. The average Bonchev–Trinajstić information content (AvgIpc) is 2.64. The van der Waals surface area contributed by atoms with Gasteiger partial charge in [0.15, 0.2) is 0 Å². The van der Waals surface area contributed by atoms with E-state index < -0.39 is 60.8 Å². The van der Waals surface area contributed by atoms with E-state index in [0.29, 0.717) is 5.56 Å². The fourth-order valence-corrected chi connectivity index (χ4v) is 2.42. The third-order valence-corrected chi connectivity index (χ3v) is 3.79. The lowest BCUT2D eigenvalue weighted by Gasteiger charge is -2.23. The molecule has 29 heavy (non-hydrogen) atoms. The Labute approximate surface area is 166 Å². The summed E-state index contributed by atoms with van der Waals surface area (Å²) in [6.45, 7) is 0.246. The lowest BCUT2D eigenvalue weighted by Crippen LogP contribution is -2.57. The van der Waals surface area contributed by atoms with Gasteiger partial charge >= 0.3 is 11.9 Å². The number of carbonyl (C=O) groups excluding carboxylic acids is 3. The summed E-state index contributed by atoms with van der Waals surface area (Å²) in [5, 5.41) is 33.6. The average molecular weight is 409 g/mol. The Hall–Kier alpha value is -3.47. The summed E-state index contributed by atoms with van der Waals surface area (Å²) in [4.78, 5) is 58.3. The van der Waals surface area contributed by atoms with Crippen LogP contribution in [0.4, 0.5) is 0 Å². The number of rotatable bonds is 11. The molecule has 0 spiro atoms. The molecule has 0 saturated carbocycles. The zero-order valence-electron chi connectivity index (χ0n) is 15.6. The molecule has 158 valence electrons. The van der Waals surface area contributed by atoms with Crippen LogP contribution in [0.25, 0.3) is 0 Å². The summed E-state index contributed by atoms with van der Waals surface area (Å²) in [5.74, 6) is -5.25. The second kappa shape index (κ2) is 11.4. The number of aliphatic hydroxyl groups is 1. The molecule has 0 aliphatic rings. The summed E-state index contributed by atoms with van der Waals surface area (Å²) in [5.41, 5.74) is 0.637. The van der Waals surface area contributed by atoms with Crippen molar-refractivity contribution in [2.45, 2.75) is 37.9 Å². The standard InChI is InChI=1S/C18H23N3O8/c1-10(23)19-13(8-15(24)25)17(27)20-12(7-11-5-3-2-4-6-11)16(26)21-14(9-22)18(28)29/h2-6,12-14,22H,7-9H2,1H3,(H,19,23)(H,20,27)(H,21,26)(H,24,25)(H,28,29)/t12-,13-,14-/m0/s1. The molecular formula is C18H23N3O8. The Morgan fingerprint density at radius 3 is 1.90 bits per heavy atom. The minimum absolute atomic E-state index is 0.0317. The number of nitrogens with one attached hydrogen (secondary N) is 3. The molecule has 0 aliphatic carbocycles. The van der Waals surface area contributed by atoms with Crippen molar-refractivity contribution in [2.75, 3.05) is 6.61 Å². The molecule has 0 aliphatic heterocycles. The monoisotopic (exact) mass is 409 g/mol. The van der Waals surface area contributed by atoms with E-state index in [1.807, 2.05) is 0 Å². The number of carbonyl (C=O) groups is 5. The minimum atomic E-state index is -1.58. The van der Waals surface area contributed by atoms with E-state index >= 15 is 0 Å². The van der Waals surface area contributed by atoms with Gasteiger partial charge in [-0.3, -0.25) is 19.2 Å². The van der Waals surface area contributed by atoms with Gasteiger partial charge in [0.05, 0.1) is 13.0 Å². The quantitative estimate of drug-likeness (QED) is 0.249. The Balaban J connectivity index is 3.03. The highest BCUT2D eigenvalue weighted by molar-refractivity contribution is 5.94. The maximum Gasteiger partial charge on any atom is 0.328 e. The Bertz CT molecular complexity index is 737. The first kappa shape index (κ1) is 23.6. The van der Waals surface area contributed by atoms with Gasteiger partial charge in [0.25, 0.3) is 0 Å². The van der Waals surface area contributed by atoms with Gasteiger partial charge in [-0.15, -0.1) is 0 Å². The summed E-state index contributed by atoms with van der Waals surface area (Å²) in [7, 11) is 0. The van der Waals surface area contributed by atoms with Crippen LogP contribution in [0.3, 0.4) is 0 Å². The Morgan fingerprint density at radius 2 is 1.41 bits per heavy atom. The van der Waals surface area contributed by atoms with Crippen LogP contribution in [0, 0.1) is 0 Å². The first-order valence-corrected chi connectivity index (χ1v) is 8.61. The van der Waals surface area contributed by atoms with Crippen molar-refractivity contribution >= 4 is 29.7 Å². The second-order valence-electron chi connectivity index (χ2n) is 6.18. The van der Waals surface area contributed by atoms with Crippen LogP contribution < -0.4 is 16.0 Å². The van der Waals surface area contributed by atoms with Crippen LogP contribution in [-0.2, 0) is 30.4 Å². The summed E-state index contributed by atoms with van der Waals surface area (Å²) in [6, 6.07) is 4.21. The summed E-state index contributed by atoms with van der Waals surface area (Å²) < 4.78 is 0. The van der Waals surface area contributed by atoms with E-state index in [0.717, 1.165) is 6.92 Å². The van der Waals surface area contributed by atoms with Crippen molar-refractivity contribution in [1.29, 1.82) is 0 Å². The first-order chi connectivity index (χ1) is 13.6. The van der Waals surface area contributed by atoms with E-state index in [1.54, 1.807) is 30.3 Å². The lowest BCUT2D eigenvalue weighted by atomic mass is 10.0. The second-order valence-corrected chi connectivity index (χ2v) is 6.18. The molecule has 0 unspecified atom stereocenters. The number of carboxylic acid groups (broad SMARTS) is 2. The van der Waals surface area contributed by atoms with Crippen molar-refractivity contribution in [2.24, 2.45) is 0 Å². The molecule has 6 N–H and O–H groups in total. The molecule has 1 aromatic carbocycles. The van der Waals surface area contributed by atoms with E-state index in [4.69, 9.17) is 15.3 Å². The van der Waals surface area contributed by atoms with E-state index in [-0.39, 0.29) is 6.42 Å². The molecule has 3 amide bonds. The van der Waals surface area contributed by atoms with Gasteiger partial charge in [0, 0.05) is 13.3 Å². The van der Waals surface area contributed by atoms with Crippen LogP contribution in [0.5, 0.6) is 0 Å². The fourth-order valence-electron chi connectivity index (χ4n) is 2.42. The molecular weight excluding hydrogens is 386 g/mol. The summed E-state index contributed by atoms with van der Waals surface area (Å²) in [6.07, 6.45) is -0.741. The largest absolute Gasteiger partial charge is 0.481 e. The van der Waals surface area contributed by atoms with E-state index in [1.165, 1.54) is 0 Å². The Morgan fingerprint density at radius 1 is 0.862 bits per heavy atom. The van der Waals surface area contributed by atoms with Gasteiger partial charge in [-0.1, -0.05) is 30.3 Å². The molecule has 0 saturated heterocycles. The highest BCUT2D eigenvalue weighted by atomic mass is 16.4. The van der Waals surface area contributed by atoms with Crippen molar-refractivity contribution in [3.63, 3.8) is 0 Å². The number of hydrogen-bond acceptors (Lipinski definition) is 6. The first-order valence-electron chi connectivity index (χ1n) is 8.61. The van der Waals surface area contributed by atoms with Crippen LogP contribution >= 0.6 is 0 Å². The van der Waals surface area contributed by atoms with Gasteiger partial charge in [0.1, 0.15) is 18.1 Å². The molecule has 11 nitrogen and oxygen atoms in total. The number of aliphatic carboxylic acids is 2. The Kier molecular flexibility index (Phi) is 9.26. The zero-order chi connectivity index (χ0) is 22.0. The fraction of sp³-hybridized carbons (Fsp3) is 0.389. The molecule has 0 aromatic heterocycles. The molecule has 11 heteroatoms. The van der Waals surface area contributed by atoms with Crippen LogP contribution in [0.2, 0.25) is 0 Å². The lowest BCUT2D eigenvalue weighted by molar-refractivity contribution is -0.144. The zero-order valence-corrected chi connectivity index (χ0v) is 15.6. The van der Waals surface area contributed by atoms with Gasteiger partial charge < -0.3 is 31.3 Å². The molecule has 0 bridgehead atoms. The van der Waals surface area contributed by atoms with Crippen LogP contribution in [-0.4, -0.2) is 69.7 Å². The third-order valence-electron chi connectivity index (χ3n) is 3.79. The minimum Gasteiger partial charge on any atom is -0.481 e. The van der Waals surface area contributed by atoms with Gasteiger partial charge in [0.2, 0.25) is 17.7 Å². The van der Waals surface area contributed by atoms with E-state index in [2.05, 4.69) is 16.0 Å². The van der Waals surface area contributed by atoms with Crippen molar-refractivity contribution in [3.8, 4) is 0 Å². The van der Waals surface area contributed by atoms with Crippen molar-refractivity contribution in [1.82, 2.24) is 16.0 Å².